The average molecular weight is 403 g/mol. The van der Waals surface area contributed by atoms with Crippen LogP contribution in [0.3, 0.4) is 0 Å². The highest BCUT2D eigenvalue weighted by Crippen LogP contribution is 2.26. The van der Waals surface area contributed by atoms with E-state index >= 15 is 0 Å². The van der Waals surface area contributed by atoms with Gasteiger partial charge in [0.05, 0.1) is 0 Å². The molecule has 0 bridgehead atoms. The van der Waals surface area contributed by atoms with Crippen molar-refractivity contribution >= 4 is 17.5 Å². The fourth-order valence-electron chi connectivity index (χ4n) is 4.40. The van der Waals surface area contributed by atoms with Crippen LogP contribution in [-0.4, -0.2) is 78.0 Å². The molecule has 1 N–H and O–H groups in total. The summed E-state index contributed by atoms with van der Waals surface area (Å²) in [5.74, 6) is 2.81. The molecule has 3 rings (SSSR count). The number of hydrogen-bond donors (Lipinski definition) is 1. The number of carbonyl (C=O) groups excluding carboxylic acids is 1. The number of hydrogen-bond acceptors (Lipinski definition) is 6. The topological polar surface area (TPSA) is 64.6 Å². The molecule has 1 atom stereocenters. The van der Waals surface area contributed by atoms with Crippen molar-refractivity contribution in [2.45, 2.75) is 52.4 Å². The van der Waals surface area contributed by atoms with Crippen molar-refractivity contribution in [3.05, 3.63) is 12.4 Å². The van der Waals surface area contributed by atoms with Gasteiger partial charge in [-0.25, -0.2) is 9.97 Å². The number of piperidine rings is 1. The third-order valence-electron chi connectivity index (χ3n) is 6.08. The summed E-state index contributed by atoms with van der Waals surface area (Å²) in [7, 11) is 0. The zero-order valence-corrected chi connectivity index (χ0v) is 18.3. The number of aromatic nitrogens is 2. The van der Waals surface area contributed by atoms with Gasteiger partial charge in [0.25, 0.3) is 0 Å². The molecule has 7 heteroatoms. The van der Waals surface area contributed by atoms with Crippen molar-refractivity contribution in [3.8, 4) is 0 Å². The molecule has 3 heterocycles. The zero-order chi connectivity index (χ0) is 20.5. The van der Waals surface area contributed by atoms with Crippen molar-refractivity contribution in [3.63, 3.8) is 0 Å². The van der Waals surface area contributed by atoms with Crippen LogP contribution in [0.5, 0.6) is 0 Å². The molecular weight excluding hydrogens is 364 g/mol. The molecular formula is C22H38N6O. The smallest absolute Gasteiger partial charge is 0.222 e. The number of carbonyl (C=O) groups is 1. The lowest BCUT2D eigenvalue weighted by atomic mass is 9.93. The zero-order valence-electron chi connectivity index (χ0n) is 18.3. The lowest BCUT2D eigenvalue weighted by Crippen LogP contribution is -2.48. The first-order valence-electron chi connectivity index (χ1n) is 11.5. The van der Waals surface area contributed by atoms with Gasteiger partial charge in [-0.2, -0.15) is 0 Å². The van der Waals surface area contributed by atoms with E-state index in [-0.39, 0.29) is 0 Å². The molecule has 2 aliphatic rings. The van der Waals surface area contributed by atoms with Crippen LogP contribution < -0.4 is 10.2 Å². The van der Waals surface area contributed by atoms with Crippen LogP contribution in [0.2, 0.25) is 0 Å². The Hall–Kier alpha value is -1.89. The van der Waals surface area contributed by atoms with E-state index in [0.29, 0.717) is 18.2 Å². The van der Waals surface area contributed by atoms with Gasteiger partial charge < -0.3 is 15.1 Å². The number of rotatable bonds is 9. The van der Waals surface area contributed by atoms with Gasteiger partial charge in [0, 0.05) is 58.3 Å². The largest absolute Gasteiger partial charge is 0.370 e. The van der Waals surface area contributed by atoms with Crippen LogP contribution >= 0.6 is 0 Å². The number of nitrogens with one attached hydrogen (secondary N) is 1. The third-order valence-corrected chi connectivity index (χ3v) is 6.08. The van der Waals surface area contributed by atoms with E-state index < -0.39 is 0 Å². The van der Waals surface area contributed by atoms with Crippen LogP contribution in [-0.2, 0) is 4.79 Å². The molecule has 0 unspecified atom stereocenters. The molecule has 29 heavy (non-hydrogen) atoms. The van der Waals surface area contributed by atoms with E-state index in [1.54, 1.807) is 6.33 Å². The van der Waals surface area contributed by atoms with Crippen LogP contribution in [0.4, 0.5) is 11.6 Å². The van der Waals surface area contributed by atoms with Gasteiger partial charge in [0.1, 0.15) is 18.0 Å². The normalized spacial score (nSPS) is 20.7. The first-order valence-corrected chi connectivity index (χ1v) is 11.5. The second kappa shape index (κ2) is 11.3. The highest BCUT2D eigenvalue weighted by Gasteiger charge is 2.24. The minimum absolute atomic E-state index is 0.339. The Morgan fingerprint density at radius 1 is 1.14 bits per heavy atom. The predicted octanol–water partition coefficient (Wildman–Crippen LogP) is 2.85. The van der Waals surface area contributed by atoms with Gasteiger partial charge in [-0.1, -0.05) is 13.8 Å². The minimum atomic E-state index is 0.339. The average Bonchev–Trinajstić information content (AvgIpc) is 2.77. The SMILES string of the molecule is CCCNc1cc(N2CCC[C@H](CCC(=O)N3CCN(CCC)CC3)C2)ncn1. The van der Waals surface area contributed by atoms with Crippen molar-refractivity contribution in [2.24, 2.45) is 5.92 Å². The van der Waals surface area contributed by atoms with Crippen LogP contribution in [0.15, 0.2) is 12.4 Å². The Morgan fingerprint density at radius 3 is 2.72 bits per heavy atom. The van der Waals surface area contributed by atoms with Gasteiger partial charge in [0.15, 0.2) is 0 Å². The maximum Gasteiger partial charge on any atom is 0.222 e. The molecule has 2 saturated heterocycles. The molecule has 1 amide bonds. The molecule has 0 spiro atoms. The molecule has 162 valence electrons. The van der Waals surface area contributed by atoms with E-state index in [2.05, 4.69) is 49.9 Å². The number of amides is 1. The fourth-order valence-corrected chi connectivity index (χ4v) is 4.40. The molecule has 2 aliphatic heterocycles. The van der Waals surface area contributed by atoms with E-state index in [0.717, 1.165) is 83.3 Å². The molecule has 0 radical (unpaired) electrons. The Kier molecular flexibility index (Phi) is 8.52. The monoisotopic (exact) mass is 402 g/mol. The van der Waals surface area contributed by atoms with Gasteiger partial charge >= 0.3 is 0 Å². The van der Waals surface area contributed by atoms with Gasteiger partial charge in [-0.15, -0.1) is 0 Å². The molecule has 1 aromatic heterocycles. The first-order chi connectivity index (χ1) is 14.2. The molecule has 0 saturated carbocycles. The Morgan fingerprint density at radius 2 is 1.97 bits per heavy atom. The molecule has 0 aromatic carbocycles. The van der Waals surface area contributed by atoms with Crippen LogP contribution in [0.25, 0.3) is 0 Å². The Balaban J connectivity index is 1.45. The number of anilines is 2. The highest BCUT2D eigenvalue weighted by molar-refractivity contribution is 5.76. The van der Waals surface area contributed by atoms with Crippen molar-refractivity contribution in [1.29, 1.82) is 0 Å². The molecule has 0 aliphatic carbocycles. The summed E-state index contributed by atoms with van der Waals surface area (Å²) in [5, 5.41) is 3.34. The Bertz CT molecular complexity index is 631. The third kappa shape index (κ3) is 6.56. The van der Waals surface area contributed by atoms with Crippen LogP contribution in [0, 0.1) is 5.92 Å². The summed E-state index contributed by atoms with van der Waals surface area (Å²) in [5.41, 5.74) is 0. The molecule has 7 nitrogen and oxygen atoms in total. The van der Waals surface area contributed by atoms with E-state index in [4.69, 9.17) is 0 Å². The van der Waals surface area contributed by atoms with Crippen molar-refractivity contribution in [2.75, 3.05) is 62.6 Å². The lowest BCUT2D eigenvalue weighted by Gasteiger charge is -2.36. The number of nitrogens with zero attached hydrogens (tertiary/aromatic N) is 5. The number of piperazine rings is 1. The summed E-state index contributed by atoms with van der Waals surface area (Å²) in [4.78, 5) is 28.4. The van der Waals surface area contributed by atoms with E-state index in [1.165, 1.54) is 12.8 Å². The summed E-state index contributed by atoms with van der Waals surface area (Å²) >= 11 is 0. The fraction of sp³-hybridized carbons (Fsp3) is 0.773. The maximum absolute atomic E-state index is 12.7. The highest BCUT2D eigenvalue weighted by atomic mass is 16.2. The summed E-state index contributed by atoms with van der Waals surface area (Å²) in [6.07, 6.45) is 7.95. The maximum atomic E-state index is 12.7. The summed E-state index contributed by atoms with van der Waals surface area (Å²) in [6, 6.07) is 2.05. The van der Waals surface area contributed by atoms with Gasteiger partial charge in [-0.05, 0) is 44.6 Å². The quantitative estimate of drug-likeness (QED) is 0.685. The molecule has 2 fully saturated rings. The van der Waals surface area contributed by atoms with Crippen LogP contribution in [0.1, 0.15) is 52.4 Å². The first kappa shape index (κ1) is 21.8. The standard InChI is InChI=1S/C22H38N6O/c1-3-9-23-20-16-21(25-18-24-20)28-11-5-6-19(17-28)7-8-22(29)27-14-12-26(10-4-2)13-15-27/h16,18-19H,3-15,17H2,1-2H3,(H,23,24,25)/t19-/m1/s1. The summed E-state index contributed by atoms with van der Waals surface area (Å²) < 4.78 is 0. The van der Waals surface area contributed by atoms with E-state index in [1.807, 2.05) is 0 Å². The van der Waals surface area contributed by atoms with E-state index in [9.17, 15) is 4.79 Å². The van der Waals surface area contributed by atoms with Crippen molar-refractivity contribution < 1.29 is 4.79 Å². The van der Waals surface area contributed by atoms with Gasteiger partial charge in [-0.3, -0.25) is 9.69 Å². The molecule has 1 aromatic rings. The second-order valence-corrected chi connectivity index (χ2v) is 8.40. The predicted molar refractivity (Wildman–Crippen MR) is 118 cm³/mol. The summed E-state index contributed by atoms with van der Waals surface area (Å²) in [6.45, 7) is 12.3. The lowest BCUT2D eigenvalue weighted by molar-refractivity contribution is -0.133. The van der Waals surface area contributed by atoms with Crippen molar-refractivity contribution in [1.82, 2.24) is 19.8 Å². The Labute approximate surface area is 175 Å². The van der Waals surface area contributed by atoms with Gasteiger partial charge in [0.2, 0.25) is 5.91 Å². The second-order valence-electron chi connectivity index (χ2n) is 8.40. The minimum Gasteiger partial charge on any atom is -0.370 e.